The van der Waals surface area contributed by atoms with Gasteiger partial charge in [-0.2, -0.15) is 5.10 Å². The van der Waals surface area contributed by atoms with E-state index in [0.717, 1.165) is 4.47 Å². The number of carboxylic acid groups (broad SMARTS) is 1. The lowest BCUT2D eigenvalue weighted by Gasteiger charge is -2.08. The van der Waals surface area contributed by atoms with Gasteiger partial charge >= 0.3 is 5.97 Å². The highest BCUT2D eigenvalue weighted by molar-refractivity contribution is 9.10. The third kappa shape index (κ3) is 2.74. The minimum atomic E-state index is -1.09. The molecule has 100 valence electrons. The number of nitrogens with zero attached hydrogens (tertiary/aromatic N) is 2. The molecule has 0 aliphatic heterocycles. The van der Waals surface area contributed by atoms with Gasteiger partial charge in [0.25, 0.3) is 0 Å². The number of hydrogen-bond acceptors (Lipinski definition) is 3. The third-order valence-electron chi connectivity index (χ3n) is 2.48. The summed E-state index contributed by atoms with van der Waals surface area (Å²) in [5, 5.41) is 13.6. The largest absolute Gasteiger partial charge is 0.477 e. The van der Waals surface area contributed by atoms with Gasteiger partial charge in [-0.25, -0.2) is 9.48 Å². The van der Waals surface area contributed by atoms with Crippen molar-refractivity contribution in [2.24, 2.45) is 7.05 Å². The predicted molar refractivity (Wildman–Crippen MR) is 74.1 cm³/mol. The highest BCUT2D eigenvalue weighted by Crippen LogP contribution is 2.33. The fourth-order valence-electron chi connectivity index (χ4n) is 1.66. The van der Waals surface area contributed by atoms with Gasteiger partial charge in [0.15, 0.2) is 0 Å². The monoisotopic (exact) mass is 344 g/mol. The zero-order chi connectivity index (χ0) is 14.2. The SMILES string of the molecule is Cc1nn(C)c(Oc2ccc(Br)cc2Cl)c1C(=O)O. The van der Waals surface area contributed by atoms with Gasteiger partial charge < -0.3 is 9.84 Å². The Balaban J connectivity index is 2.46. The number of hydrogen-bond donors (Lipinski definition) is 1. The molecule has 0 amide bonds. The number of ether oxygens (including phenoxy) is 1. The van der Waals surface area contributed by atoms with E-state index >= 15 is 0 Å². The van der Waals surface area contributed by atoms with Crippen molar-refractivity contribution >= 4 is 33.5 Å². The Morgan fingerprint density at radius 1 is 1.53 bits per heavy atom. The number of carboxylic acids is 1. The van der Waals surface area contributed by atoms with E-state index < -0.39 is 5.97 Å². The molecule has 7 heteroatoms. The second kappa shape index (κ2) is 5.22. The number of carbonyl (C=O) groups is 1. The average molecular weight is 346 g/mol. The van der Waals surface area contributed by atoms with Crippen LogP contribution in [0.25, 0.3) is 0 Å². The van der Waals surface area contributed by atoms with Gasteiger partial charge in [-0.05, 0) is 25.1 Å². The third-order valence-corrected chi connectivity index (χ3v) is 3.27. The molecule has 2 rings (SSSR count). The fraction of sp³-hybridized carbons (Fsp3) is 0.167. The number of rotatable bonds is 3. The van der Waals surface area contributed by atoms with Crippen molar-refractivity contribution in [1.82, 2.24) is 9.78 Å². The molecule has 0 atom stereocenters. The first-order valence-corrected chi connectivity index (χ1v) is 6.47. The van der Waals surface area contributed by atoms with Crippen LogP contribution in [0.2, 0.25) is 5.02 Å². The summed E-state index contributed by atoms with van der Waals surface area (Å²) in [4.78, 5) is 11.2. The summed E-state index contributed by atoms with van der Waals surface area (Å²) in [6.07, 6.45) is 0. The Bertz CT molecular complexity index is 655. The van der Waals surface area contributed by atoms with Gasteiger partial charge in [-0.1, -0.05) is 27.5 Å². The molecule has 1 heterocycles. The quantitative estimate of drug-likeness (QED) is 0.922. The van der Waals surface area contributed by atoms with Crippen molar-refractivity contribution in [2.75, 3.05) is 0 Å². The molecule has 19 heavy (non-hydrogen) atoms. The first-order chi connectivity index (χ1) is 8.90. The molecule has 0 saturated carbocycles. The molecule has 1 N–H and O–H groups in total. The average Bonchev–Trinajstić information content (AvgIpc) is 2.57. The van der Waals surface area contributed by atoms with Crippen molar-refractivity contribution in [2.45, 2.75) is 6.92 Å². The standard InChI is InChI=1S/C12H10BrClN2O3/c1-6-10(12(17)18)11(16(2)15-6)19-9-4-3-7(13)5-8(9)14/h3-5H,1-2H3,(H,17,18). The molecule has 0 bridgehead atoms. The molecule has 0 spiro atoms. The highest BCUT2D eigenvalue weighted by Gasteiger charge is 2.22. The van der Waals surface area contributed by atoms with Crippen LogP contribution in [-0.4, -0.2) is 20.9 Å². The van der Waals surface area contributed by atoms with Gasteiger partial charge in [0.1, 0.15) is 11.3 Å². The van der Waals surface area contributed by atoms with Gasteiger partial charge in [0.2, 0.25) is 5.88 Å². The predicted octanol–water partition coefficient (Wildman–Crippen LogP) is 3.63. The minimum absolute atomic E-state index is 0.0292. The van der Waals surface area contributed by atoms with Crippen molar-refractivity contribution in [3.63, 3.8) is 0 Å². The maximum Gasteiger partial charge on any atom is 0.343 e. The summed E-state index contributed by atoms with van der Waals surface area (Å²) in [6, 6.07) is 5.08. The maximum absolute atomic E-state index is 11.2. The first kappa shape index (κ1) is 13.9. The van der Waals surface area contributed by atoms with Crippen LogP contribution in [0.3, 0.4) is 0 Å². The Kier molecular flexibility index (Phi) is 3.82. The summed E-state index contributed by atoms with van der Waals surface area (Å²) >= 11 is 9.32. The summed E-state index contributed by atoms with van der Waals surface area (Å²) in [7, 11) is 1.61. The molecular formula is C12H10BrClN2O3. The van der Waals surface area contributed by atoms with Crippen LogP contribution in [0, 0.1) is 6.92 Å². The van der Waals surface area contributed by atoms with Crippen molar-refractivity contribution in [3.8, 4) is 11.6 Å². The van der Waals surface area contributed by atoms with Crippen LogP contribution >= 0.6 is 27.5 Å². The van der Waals surface area contributed by atoms with E-state index in [1.54, 1.807) is 32.2 Å². The fourth-order valence-corrected chi connectivity index (χ4v) is 2.37. The summed E-state index contributed by atoms with van der Waals surface area (Å²) in [5.41, 5.74) is 0.416. The summed E-state index contributed by atoms with van der Waals surface area (Å²) < 4.78 is 7.76. The van der Waals surface area contributed by atoms with E-state index in [1.807, 2.05) is 0 Å². The molecule has 0 unspecified atom stereocenters. The second-order valence-corrected chi connectivity index (χ2v) is 5.19. The lowest BCUT2D eigenvalue weighted by atomic mass is 10.2. The molecule has 0 fully saturated rings. The summed E-state index contributed by atoms with van der Waals surface area (Å²) in [6.45, 7) is 1.61. The number of aryl methyl sites for hydroxylation is 2. The van der Waals surface area contributed by atoms with Crippen LogP contribution in [0.15, 0.2) is 22.7 Å². The van der Waals surface area contributed by atoms with Crippen molar-refractivity contribution < 1.29 is 14.6 Å². The zero-order valence-corrected chi connectivity index (χ0v) is 12.5. The number of aromatic carboxylic acids is 1. The van der Waals surface area contributed by atoms with E-state index in [9.17, 15) is 9.90 Å². The highest BCUT2D eigenvalue weighted by atomic mass is 79.9. The maximum atomic E-state index is 11.2. The van der Waals surface area contributed by atoms with Crippen LogP contribution in [0.4, 0.5) is 0 Å². The van der Waals surface area contributed by atoms with Crippen molar-refractivity contribution in [3.05, 3.63) is 39.0 Å². The molecule has 1 aromatic carbocycles. The van der Waals surface area contributed by atoms with E-state index in [4.69, 9.17) is 16.3 Å². The Hall–Kier alpha value is -1.53. The van der Waals surface area contributed by atoms with Crippen LogP contribution in [0.5, 0.6) is 11.6 Å². The van der Waals surface area contributed by atoms with Crippen molar-refractivity contribution in [1.29, 1.82) is 0 Å². The first-order valence-electron chi connectivity index (χ1n) is 5.30. The van der Waals surface area contributed by atoms with E-state index in [-0.39, 0.29) is 11.4 Å². The van der Waals surface area contributed by atoms with Crippen LogP contribution in [-0.2, 0) is 7.05 Å². The van der Waals surface area contributed by atoms with E-state index in [0.29, 0.717) is 16.5 Å². The number of halogens is 2. The van der Waals surface area contributed by atoms with Gasteiger partial charge in [0, 0.05) is 11.5 Å². The van der Waals surface area contributed by atoms with Gasteiger partial charge in [-0.15, -0.1) is 0 Å². The van der Waals surface area contributed by atoms with Crippen LogP contribution < -0.4 is 4.74 Å². The normalized spacial score (nSPS) is 10.5. The Morgan fingerprint density at radius 2 is 2.21 bits per heavy atom. The Morgan fingerprint density at radius 3 is 2.79 bits per heavy atom. The lowest BCUT2D eigenvalue weighted by Crippen LogP contribution is -2.02. The second-order valence-electron chi connectivity index (χ2n) is 3.87. The van der Waals surface area contributed by atoms with Crippen LogP contribution in [0.1, 0.15) is 16.1 Å². The lowest BCUT2D eigenvalue weighted by molar-refractivity contribution is 0.0693. The molecule has 0 saturated heterocycles. The molecule has 0 aliphatic carbocycles. The molecule has 2 aromatic rings. The molecule has 0 radical (unpaired) electrons. The van der Waals surface area contributed by atoms with E-state index in [2.05, 4.69) is 21.0 Å². The minimum Gasteiger partial charge on any atom is -0.477 e. The number of aromatic nitrogens is 2. The molecular weight excluding hydrogens is 336 g/mol. The number of benzene rings is 1. The topological polar surface area (TPSA) is 64.4 Å². The molecule has 5 nitrogen and oxygen atoms in total. The molecule has 0 aliphatic rings. The van der Waals surface area contributed by atoms with E-state index in [1.165, 1.54) is 4.68 Å². The Labute approximate surface area is 122 Å². The van der Waals surface area contributed by atoms with Gasteiger partial charge in [0.05, 0.1) is 10.7 Å². The zero-order valence-electron chi connectivity index (χ0n) is 10.1. The van der Waals surface area contributed by atoms with Gasteiger partial charge in [-0.3, -0.25) is 0 Å². The molecule has 1 aromatic heterocycles. The smallest absolute Gasteiger partial charge is 0.343 e. The summed E-state index contributed by atoms with van der Waals surface area (Å²) in [5.74, 6) is -0.571.